The molecule has 0 radical (unpaired) electrons. The molecule has 0 bridgehead atoms. The number of hydrogen-bond donors (Lipinski definition) is 1. The van der Waals surface area contributed by atoms with Crippen LogP contribution in [0, 0.1) is 11.8 Å². The van der Waals surface area contributed by atoms with Gasteiger partial charge in [0.1, 0.15) is 0 Å². The number of methoxy groups -OCH3 is 2. The molecule has 0 aromatic heterocycles. The number of ether oxygens (including phenoxy) is 2. The van der Waals surface area contributed by atoms with Gasteiger partial charge in [0.05, 0.1) is 14.2 Å². The van der Waals surface area contributed by atoms with E-state index in [-0.39, 0.29) is 11.8 Å². The summed E-state index contributed by atoms with van der Waals surface area (Å²) in [7, 11) is 3.13. The van der Waals surface area contributed by atoms with Crippen LogP contribution in [0.5, 0.6) is 11.5 Å². The number of carbonyl (C=O) groups excluding carboxylic acids is 2. The molecule has 0 unspecified atom stereocenters. The molecule has 27 heavy (non-hydrogen) atoms. The number of hydrogen-bond acceptors (Lipinski definition) is 4. The topological polar surface area (TPSA) is 67.9 Å². The molecule has 1 N–H and O–H groups in total. The van der Waals surface area contributed by atoms with Gasteiger partial charge in [0, 0.05) is 31.1 Å². The van der Waals surface area contributed by atoms with E-state index in [0.717, 1.165) is 38.8 Å². The summed E-state index contributed by atoms with van der Waals surface area (Å²) in [5, 5.41) is 3.02. The predicted octanol–water partition coefficient (Wildman–Crippen LogP) is 2.86. The molecule has 148 valence electrons. The minimum atomic E-state index is -0.111. The van der Waals surface area contributed by atoms with E-state index in [1.54, 1.807) is 32.4 Å². The monoisotopic (exact) mass is 374 g/mol. The fourth-order valence-corrected chi connectivity index (χ4v) is 4.10. The lowest BCUT2D eigenvalue weighted by Gasteiger charge is -2.33. The first kappa shape index (κ1) is 19.5. The molecule has 2 aliphatic rings. The average molecular weight is 374 g/mol. The summed E-state index contributed by atoms with van der Waals surface area (Å²) in [5.74, 6) is 2.06. The number of nitrogens with zero attached hydrogens (tertiary/aromatic N) is 1. The zero-order valence-corrected chi connectivity index (χ0v) is 16.3. The average Bonchev–Trinajstić information content (AvgIpc) is 3.26. The number of benzene rings is 1. The van der Waals surface area contributed by atoms with Gasteiger partial charge in [-0.25, -0.2) is 0 Å². The Morgan fingerprint density at radius 2 is 1.70 bits per heavy atom. The maximum absolute atomic E-state index is 12.5. The molecule has 3 rings (SSSR count). The number of carbonyl (C=O) groups is 2. The number of rotatable bonds is 6. The fourth-order valence-electron chi connectivity index (χ4n) is 4.10. The Morgan fingerprint density at radius 1 is 1.04 bits per heavy atom. The molecule has 0 spiro atoms. The van der Waals surface area contributed by atoms with Crippen molar-refractivity contribution in [2.24, 2.45) is 11.8 Å². The van der Waals surface area contributed by atoms with Crippen LogP contribution in [0.2, 0.25) is 0 Å². The Morgan fingerprint density at radius 3 is 2.33 bits per heavy atom. The maximum Gasteiger partial charge on any atom is 0.251 e. The van der Waals surface area contributed by atoms with Gasteiger partial charge in [0.15, 0.2) is 11.5 Å². The van der Waals surface area contributed by atoms with Crippen LogP contribution in [-0.4, -0.2) is 50.6 Å². The third-order valence-electron chi connectivity index (χ3n) is 5.83. The van der Waals surface area contributed by atoms with E-state index in [9.17, 15) is 9.59 Å². The predicted molar refractivity (Wildman–Crippen MR) is 103 cm³/mol. The third-order valence-corrected chi connectivity index (χ3v) is 5.83. The van der Waals surface area contributed by atoms with E-state index in [1.807, 2.05) is 4.90 Å². The molecule has 1 heterocycles. The maximum atomic E-state index is 12.5. The zero-order valence-electron chi connectivity index (χ0n) is 16.3. The van der Waals surface area contributed by atoms with Crippen LogP contribution < -0.4 is 14.8 Å². The van der Waals surface area contributed by atoms with Crippen LogP contribution in [-0.2, 0) is 4.79 Å². The normalized spacial score (nSPS) is 18.4. The van der Waals surface area contributed by atoms with Gasteiger partial charge in [0.25, 0.3) is 5.91 Å². The first-order valence-electron chi connectivity index (χ1n) is 9.91. The highest BCUT2D eigenvalue weighted by Gasteiger charge is 2.30. The van der Waals surface area contributed by atoms with Crippen LogP contribution >= 0.6 is 0 Å². The minimum absolute atomic E-state index is 0.111. The Bertz CT molecular complexity index is 662. The molecule has 6 heteroatoms. The lowest BCUT2D eigenvalue weighted by molar-refractivity contribution is -0.136. The molecule has 2 fully saturated rings. The molecular formula is C21H30N2O4. The Hall–Kier alpha value is -2.24. The van der Waals surface area contributed by atoms with Gasteiger partial charge < -0.3 is 19.7 Å². The molecular weight excluding hydrogens is 344 g/mol. The molecule has 2 amide bonds. The van der Waals surface area contributed by atoms with Gasteiger partial charge in [-0.15, -0.1) is 0 Å². The molecule has 1 aliphatic heterocycles. The quantitative estimate of drug-likeness (QED) is 0.831. The summed E-state index contributed by atoms with van der Waals surface area (Å²) < 4.78 is 10.5. The summed E-state index contributed by atoms with van der Waals surface area (Å²) >= 11 is 0. The van der Waals surface area contributed by atoms with Crippen LogP contribution in [0.1, 0.15) is 48.9 Å². The molecule has 1 aromatic carbocycles. The summed E-state index contributed by atoms with van der Waals surface area (Å²) in [6, 6.07) is 5.16. The lowest BCUT2D eigenvalue weighted by Crippen LogP contribution is -2.43. The van der Waals surface area contributed by atoms with Gasteiger partial charge in [-0.2, -0.15) is 0 Å². The van der Waals surface area contributed by atoms with Crippen molar-refractivity contribution in [3.63, 3.8) is 0 Å². The summed E-state index contributed by atoms with van der Waals surface area (Å²) in [6.45, 7) is 2.26. The van der Waals surface area contributed by atoms with Crippen molar-refractivity contribution in [2.45, 2.75) is 38.5 Å². The van der Waals surface area contributed by atoms with Crippen molar-refractivity contribution in [1.82, 2.24) is 10.2 Å². The van der Waals surface area contributed by atoms with Gasteiger partial charge in [-0.1, -0.05) is 12.8 Å². The summed E-state index contributed by atoms with van der Waals surface area (Å²) in [5.41, 5.74) is 0.557. The van der Waals surface area contributed by atoms with Gasteiger partial charge >= 0.3 is 0 Å². The fraction of sp³-hybridized carbons (Fsp3) is 0.619. The molecule has 1 saturated carbocycles. The van der Waals surface area contributed by atoms with Crippen molar-refractivity contribution >= 4 is 11.8 Å². The van der Waals surface area contributed by atoms with E-state index in [4.69, 9.17) is 9.47 Å². The van der Waals surface area contributed by atoms with Crippen molar-refractivity contribution in [1.29, 1.82) is 0 Å². The summed E-state index contributed by atoms with van der Waals surface area (Å²) in [6.07, 6.45) is 6.39. The largest absolute Gasteiger partial charge is 0.493 e. The number of nitrogens with one attached hydrogen (secondary N) is 1. The number of likely N-dealkylation sites (tertiary alicyclic amines) is 1. The Labute approximate surface area is 161 Å². The van der Waals surface area contributed by atoms with Gasteiger partial charge in [-0.05, 0) is 49.8 Å². The second-order valence-electron chi connectivity index (χ2n) is 7.53. The van der Waals surface area contributed by atoms with E-state index < -0.39 is 0 Å². The van der Waals surface area contributed by atoms with E-state index in [2.05, 4.69) is 5.32 Å². The van der Waals surface area contributed by atoms with Gasteiger partial charge in [0.2, 0.25) is 5.91 Å². The first-order valence-corrected chi connectivity index (χ1v) is 9.91. The molecule has 1 saturated heterocycles. The minimum Gasteiger partial charge on any atom is -0.493 e. The first-order chi connectivity index (χ1) is 13.1. The summed E-state index contributed by atoms with van der Waals surface area (Å²) in [4.78, 5) is 27.0. The standard InChI is InChI=1S/C21H30N2O4/c1-26-18-8-7-17(13-19(18)27-2)20(24)22-14-15-9-11-23(12-10-15)21(25)16-5-3-4-6-16/h7-8,13,15-16H,3-6,9-12,14H2,1-2H3,(H,22,24). The van der Waals surface area contributed by atoms with Crippen LogP contribution in [0.15, 0.2) is 18.2 Å². The van der Waals surface area contributed by atoms with Crippen LogP contribution in [0.4, 0.5) is 0 Å². The number of piperidine rings is 1. The van der Waals surface area contributed by atoms with Gasteiger partial charge in [-0.3, -0.25) is 9.59 Å². The van der Waals surface area contributed by atoms with Crippen LogP contribution in [0.25, 0.3) is 0 Å². The van der Waals surface area contributed by atoms with Crippen LogP contribution in [0.3, 0.4) is 0 Å². The Kier molecular flexibility index (Phi) is 6.58. The lowest BCUT2D eigenvalue weighted by atomic mass is 9.95. The number of amides is 2. The Balaban J connectivity index is 1.45. The van der Waals surface area contributed by atoms with Crippen molar-refractivity contribution < 1.29 is 19.1 Å². The highest BCUT2D eigenvalue weighted by Crippen LogP contribution is 2.29. The molecule has 1 aliphatic carbocycles. The van der Waals surface area contributed by atoms with Crippen molar-refractivity contribution in [2.75, 3.05) is 33.9 Å². The highest BCUT2D eigenvalue weighted by atomic mass is 16.5. The smallest absolute Gasteiger partial charge is 0.251 e. The van der Waals surface area contributed by atoms with E-state index in [1.165, 1.54) is 12.8 Å². The second-order valence-corrected chi connectivity index (χ2v) is 7.53. The molecule has 6 nitrogen and oxygen atoms in total. The van der Waals surface area contributed by atoms with Crippen molar-refractivity contribution in [3.8, 4) is 11.5 Å². The van der Waals surface area contributed by atoms with E-state index in [0.29, 0.717) is 35.4 Å². The molecule has 1 aromatic rings. The SMILES string of the molecule is COc1ccc(C(=O)NCC2CCN(C(=O)C3CCCC3)CC2)cc1OC. The second kappa shape index (κ2) is 9.11. The highest BCUT2D eigenvalue weighted by molar-refractivity contribution is 5.94. The third kappa shape index (κ3) is 4.73. The molecule has 0 atom stereocenters. The van der Waals surface area contributed by atoms with E-state index >= 15 is 0 Å². The zero-order chi connectivity index (χ0) is 19.2. The van der Waals surface area contributed by atoms with Crippen molar-refractivity contribution in [3.05, 3.63) is 23.8 Å².